The van der Waals surface area contributed by atoms with Crippen LogP contribution in [0.3, 0.4) is 0 Å². The van der Waals surface area contributed by atoms with E-state index in [0.29, 0.717) is 28.7 Å². The molecule has 0 fully saturated rings. The molecule has 0 atom stereocenters. The molecule has 0 spiro atoms. The molecule has 0 aliphatic carbocycles. The van der Waals surface area contributed by atoms with Crippen LogP contribution < -0.4 is 14.8 Å². The van der Waals surface area contributed by atoms with Gasteiger partial charge in [0.05, 0.1) is 11.0 Å². The number of carbonyl (C=O) groups is 1. The molecule has 2 N–H and O–H groups in total. The molecule has 122 valence electrons. The summed E-state index contributed by atoms with van der Waals surface area (Å²) in [6, 6.07) is 10.8. The van der Waals surface area contributed by atoms with E-state index in [0.717, 1.165) is 16.9 Å². The first-order valence-corrected chi connectivity index (χ1v) is 7.81. The van der Waals surface area contributed by atoms with Gasteiger partial charge >= 0.3 is 0 Å². The number of aromatic nitrogens is 2. The van der Waals surface area contributed by atoms with Crippen LogP contribution in [0.2, 0.25) is 0 Å². The van der Waals surface area contributed by atoms with Crippen molar-refractivity contribution in [1.29, 1.82) is 0 Å². The number of aromatic amines is 1. The van der Waals surface area contributed by atoms with Gasteiger partial charge in [-0.25, -0.2) is 4.98 Å². The van der Waals surface area contributed by atoms with E-state index in [1.807, 2.05) is 12.1 Å². The minimum Gasteiger partial charge on any atom is -0.454 e. The highest BCUT2D eigenvalue weighted by Crippen LogP contribution is 2.34. The van der Waals surface area contributed by atoms with Crippen LogP contribution in [-0.4, -0.2) is 22.7 Å². The summed E-state index contributed by atoms with van der Waals surface area (Å²) in [7, 11) is 0. The second-order valence-corrected chi connectivity index (χ2v) is 6.03. The van der Waals surface area contributed by atoms with Crippen molar-refractivity contribution in [2.24, 2.45) is 0 Å². The zero-order chi connectivity index (χ0) is 16.7. The van der Waals surface area contributed by atoms with Gasteiger partial charge < -0.3 is 19.8 Å². The second kappa shape index (κ2) is 5.56. The van der Waals surface area contributed by atoms with Crippen molar-refractivity contribution < 1.29 is 14.3 Å². The van der Waals surface area contributed by atoms with Gasteiger partial charge in [-0.15, -0.1) is 0 Å². The predicted molar refractivity (Wildman–Crippen MR) is 90.7 cm³/mol. The number of nitrogens with one attached hydrogen (secondary N) is 2. The molecule has 0 bridgehead atoms. The maximum atomic E-state index is 12.5. The average molecular weight is 323 g/mol. The molecule has 2 aromatic carbocycles. The van der Waals surface area contributed by atoms with Crippen molar-refractivity contribution in [2.45, 2.75) is 19.8 Å². The molecule has 2 heterocycles. The zero-order valence-corrected chi connectivity index (χ0v) is 13.4. The Bertz CT molecular complexity index is 930. The molecule has 1 aromatic heterocycles. The first-order valence-electron chi connectivity index (χ1n) is 7.81. The smallest absolute Gasteiger partial charge is 0.255 e. The molecule has 1 aliphatic rings. The lowest BCUT2D eigenvalue weighted by molar-refractivity contribution is 0.102. The van der Waals surface area contributed by atoms with Crippen LogP contribution in [0.15, 0.2) is 36.4 Å². The summed E-state index contributed by atoms with van der Waals surface area (Å²) in [6.07, 6.45) is 0. The SMILES string of the molecule is CC(C)c1nc2ccc(C(=O)Nc3ccc4c(c3)OCO4)cc2[nH]1. The Hall–Kier alpha value is -3.02. The Kier molecular flexibility index (Phi) is 3.37. The number of hydrogen-bond donors (Lipinski definition) is 2. The zero-order valence-electron chi connectivity index (χ0n) is 13.4. The van der Waals surface area contributed by atoms with Gasteiger partial charge in [0.2, 0.25) is 6.79 Å². The third kappa shape index (κ3) is 2.56. The summed E-state index contributed by atoms with van der Waals surface area (Å²) in [5.41, 5.74) is 2.95. The predicted octanol–water partition coefficient (Wildman–Crippen LogP) is 3.67. The Morgan fingerprint density at radius 1 is 1.17 bits per heavy atom. The fourth-order valence-electron chi connectivity index (χ4n) is 2.62. The summed E-state index contributed by atoms with van der Waals surface area (Å²) in [5, 5.41) is 2.87. The number of fused-ring (bicyclic) bond motifs is 2. The first kappa shape index (κ1) is 14.6. The maximum absolute atomic E-state index is 12.5. The molecule has 3 aromatic rings. The number of nitrogens with zero attached hydrogens (tertiary/aromatic N) is 1. The molecule has 0 unspecified atom stereocenters. The molecule has 24 heavy (non-hydrogen) atoms. The van der Waals surface area contributed by atoms with Gasteiger partial charge in [-0.2, -0.15) is 0 Å². The summed E-state index contributed by atoms with van der Waals surface area (Å²) in [6.45, 7) is 4.36. The minimum absolute atomic E-state index is 0.184. The third-order valence-electron chi connectivity index (χ3n) is 3.94. The Morgan fingerprint density at radius 3 is 2.83 bits per heavy atom. The maximum Gasteiger partial charge on any atom is 0.255 e. The number of hydrogen-bond acceptors (Lipinski definition) is 4. The van der Waals surface area contributed by atoms with E-state index >= 15 is 0 Å². The largest absolute Gasteiger partial charge is 0.454 e. The highest BCUT2D eigenvalue weighted by atomic mass is 16.7. The van der Waals surface area contributed by atoms with Crippen LogP contribution >= 0.6 is 0 Å². The lowest BCUT2D eigenvalue weighted by Crippen LogP contribution is -2.11. The highest BCUT2D eigenvalue weighted by molar-refractivity contribution is 6.06. The van der Waals surface area contributed by atoms with E-state index in [1.165, 1.54) is 0 Å². The third-order valence-corrected chi connectivity index (χ3v) is 3.94. The van der Waals surface area contributed by atoms with E-state index in [-0.39, 0.29) is 12.7 Å². The monoisotopic (exact) mass is 323 g/mol. The Labute approximate surface area is 138 Å². The quantitative estimate of drug-likeness (QED) is 0.771. The fourth-order valence-corrected chi connectivity index (χ4v) is 2.62. The van der Waals surface area contributed by atoms with Crippen molar-refractivity contribution in [2.75, 3.05) is 12.1 Å². The summed E-state index contributed by atoms with van der Waals surface area (Å²) < 4.78 is 10.6. The number of ether oxygens (including phenoxy) is 2. The lowest BCUT2D eigenvalue weighted by atomic mass is 10.2. The number of imidazole rings is 1. The van der Waals surface area contributed by atoms with Gasteiger partial charge in [0.25, 0.3) is 5.91 Å². The molecule has 0 saturated heterocycles. The molecule has 6 heteroatoms. The van der Waals surface area contributed by atoms with Crippen molar-refractivity contribution in [3.8, 4) is 11.5 Å². The van der Waals surface area contributed by atoms with Crippen LogP contribution in [0.4, 0.5) is 5.69 Å². The fraction of sp³-hybridized carbons (Fsp3) is 0.222. The lowest BCUT2D eigenvalue weighted by Gasteiger charge is -2.06. The minimum atomic E-state index is -0.184. The second-order valence-electron chi connectivity index (χ2n) is 6.03. The average Bonchev–Trinajstić information content (AvgIpc) is 3.20. The van der Waals surface area contributed by atoms with Crippen molar-refractivity contribution in [3.05, 3.63) is 47.8 Å². The summed E-state index contributed by atoms with van der Waals surface area (Å²) >= 11 is 0. The molecule has 0 saturated carbocycles. The summed E-state index contributed by atoms with van der Waals surface area (Å²) in [5.74, 6) is 2.37. The number of amides is 1. The molecular formula is C18H17N3O3. The molecule has 0 radical (unpaired) electrons. The summed E-state index contributed by atoms with van der Waals surface area (Å²) in [4.78, 5) is 20.3. The number of rotatable bonds is 3. The molecule has 1 aliphatic heterocycles. The molecule has 1 amide bonds. The van der Waals surface area contributed by atoms with Crippen LogP contribution in [0.5, 0.6) is 11.5 Å². The highest BCUT2D eigenvalue weighted by Gasteiger charge is 2.15. The van der Waals surface area contributed by atoms with Gasteiger partial charge in [0, 0.05) is 23.2 Å². The topological polar surface area (TPSA) is 76.2 Å². The standard InChI is InChI=1S/C18H17N3O3/c1-10(2)17-20-13-5-3-11(7-14(13)21-17)18(22)19-12-4-6-15-16(8-12)24-9-23-15/h3-8,10H,9H2,1-2H3,(H,19,22)(H,20,21). The van der Waals surface area contributed by atoms with E-state index < -0.39 is 0 Å². The molecular weight excluding hydrogens is 306 g/mol. The number of benzene rings is 2. The van der Waals surface area contributed by atoms with E-state index in [4.69, 9.17) is 9.47 Å². The first-order chi connectivity index (χ1) is 11.6. The van der Waals surface area contributed by atoms with Gasteiger partial charge in [-0.3, -0.25) is 4.79 Å². The molecule has 4 rings (SSSR count). The van der Waals surface area contributed by atoms with Crippen LogP contribution in [0.1, 0.15) is 35.9 Å². The van der Waals surface area contributed by atoms with Gasteiger partial charge in [-0.1, -0.05) is 13.8 Å². The van der Waals surface area contributed by atoms with Crippen LogP contribution in [0, 0.1) is 0 Å². The molecule has 6 nitrogen and oxygen atoms in total. The van der Waals surface area contributed by atoms with Gasteiger partial charge in [0.15, 0.2) is 11.5 Å². The van der Waals surface area contributed by atoms with Crippen molar-refractivity contribution >= 4 is 22.6 Å². The van der Waals surface area contributed by atoms with E-state index in [2.05, 4.69) is 29.1 Å². The Morgan fingerprint density at radius 2 is 2.00 bits per heavy atom. The van der Waals surface area contributed by atoms with E-state index in [1.54, 1.807) is 24.3 Å². The number of H-pyrrole nitrogens is 1. The van der Waals surface area contributed by atoms with Gasteiger partial charge in [-0.05, 0) is 30.3 Å². The van der Waals surface area contributed by atoms with Crippen LogP contribution in [-0.2, 0) is 0 Å². The van der Waals surface area contributed by atoms with Crippen molar-refractivity contribution in [1.82, 2.24) is 9.97 Å². The van der Waals surface area contributed by atoms with E-state index in [9.17, 15) is 4.79 Å². The Balaban J connectivity index is 1.58. The van der Waals surface area contributed by atoms with Crippen molar-refractivity contribution in [3.63, 3.8) is 0 Å². The van der Waals surface area contributed by atoms with Gasteiger partial charge in [0.1, 0.15) is 5.82 Å². The van der Waals surface area contributed by atoms with Crippen LogP contribution in [0.25, 0.3) is 11.0 Å². The number of carbonyl (C=O) groups excluding carboxylic acids is 1. The normalized spacial score (nSPS) is 12.8. The number of anilines is 1.